The monoisotopic (exact) mass is 325 g/mol. The molecule has 1 aromatic carbocycles. The Morgan fingerprint density at radius 3 is 1.86 bits per heavy atom. The standard InChI is InChI=1S/C18H31NO2S/c1-2-3-4-5-6-7-8-9-10-13-16-22(20,21)18-15-12-11-14-17(18)19/h11-12,14-15H,2-10,13,16,19H2,1H3. The average molecular weight is 326 g/mol. The van der Waals surface area contributed by atoms with Gasteiger partial charge in [0.05, 0.1) is 16.3 Å². The highest BCUT2D eigenvalue weighted by atomic mass is 32.2. The van der Waals surface area contributed by atoms with Crippen molar-refractivity contribution < 1.29 is 8.42 Å². The first-order valence-corrected chi connectivity index (χ1v) is 10.3. The quantitative estimate of drug-likeness (QED) is 0.436. The third kappa shape index (κ3) is 7.30. The predicted molar refractivity (Wildman–Crippen MR) is 94.8 cm³/mol. The molecule has 2 N–H and O–H groups in total. The van der Waals surface area contributed by atoms with E-state index in [1.165, 1.54) is 44.9 Å². The van der Waals surface area contributed by atoms with Crippen molar-refractivity contribution in [2.75, 3.05) is 11.5 Å². The molecule has 0 aliphatic carbocycles. The van der Waals surface area contributed by atoms with Crippen LogP contribution >= 0.6 is 0 Å². The number of benzene rings is 1. The van der Waals surface area contributed by atoms with Gasteiger partial charge in [0.15, 0.2) is 9.84 Å². The van der Waals surface area contributed by atoms with Gasteiger partial charge >= 0.3 is 0 Å². The van der Waals surface area contributed by atoms with Crippen LogP contribution in [0, 0.1) is 0 Å². The third-order valence-corrected chi connectivity index (χ3v) is 5.89. The zero-order chi connectivity index (χ0) is 16.3. The van der Waals surface area contributed by atoms with Crippen molar-refractivity contribution in [2.45, 2.75) is 76.0 Å². The minimum absolute atomic E-state index is 0.206. The third-order valence-electron chi connectivity index (χ3n) is 4.02. The van der Waals surface area contributed by atoms with Crippen LogP contribution in [-0.4, -0.2) is 14.2 Å². The van der Waals surface area contributed by atoms with Crippen LogP contribution in [0.15, 0.2) is 29.2 Å². The van der Waals surface area contributed by atoms with Crippen molar-refractivity contribution >= 4 is 15.5 Å². The van der Waals surface area contributed by atoms with Crippen LogP contribution in [0.2, 0.25) is 0 Å². The smallest absolute Gasteiger partial charge is 0.180 e. The molecule has 0 aromatic heterocycles. The second kappa shape index (κ2) is 10.7. The maximum absolute atomic E-state index is 12.2. The van der Waals surface area contributed by atoms with E-state index in [-0.39, 0.29) is 10.6 Å². The second-order valence-corrected chi connectivity index (χ2v) is 8.12. The normalized spacial score (nSPS) is 11.7. The minimum Gasteiger partial charge on any atom is -0.398 e. The molecule has 0 atom stereocenters. The molecule has 22 heavy (non-hydrogen) atoms. The topological polar surface area (TPSA) is 60.2 Å². The summed E-state index contributed by atoms with van der Waals surface area (Å²) in [6.45, 7) is 2.23. The van der Waals surface area contributed by atoms with E-state index in [0.29, 0.717) is 5.69 Å². The van der Waals surface area contributed by atoms with Gasteiger partial charge in [0.25, 0.3) is 0 Å². The summed E-state index contributed by atoms with van der Waals surface area (Å²) in [6, 6.07) is 6.73. The molecule has 4 heteroatoms. The fourth-order valence-corrected chi connectivity index (χ4v) is 4.17. The molecular formula is C18H31NO2S. The maximum atomic E-state index is 12.2. The fraction of sp³-hybridized carbons (Fsp3) is 0.667. The molecule has 0 saturated carbocycles. The van der Waals surface area contributed by atoms with Gasteiger partial charge in [-0.3, -0.25) is 0 Å². The van der Waals surface area contributed by atoms with Gasteiger partial charge in [-0.1, -0.05) is 76.8 Å². The lowest BCUT2D eigenvalue weighted by atomic mass is 10.1. The largest absolute Gasteiger partial charge is 0.398 e. The van der Waals surface area contributed by atoms with Gasteiger partial charge in [-0.25, -0.2) is 8.42 Å². The van der Waals surface area contributed by atoms with E-state index in [9.17, 15) is 8.42 Å². The molecule has 0 spiro atoms. The molecule has 0 unspecified atom stereocenters. The number of hydrogen-bond donors (Lipinski definition) is 1. The van der Waals surface area contributed by atoms with Crippen LogP contribution in [0.3, 0.4) is 0 Å². The maximum Gasteiger partial charge on any atom is 0.180 e. The van der Waals surface area contributed by atoms with Gasteiger partial charge in [-0.05, 0) is 18.6 Å². The Labute approximate surface area is 136 Å². The summed E-state index contributed by atoms with van der Waals surface area (Å²) in [5, 5.41) is 0. The van der Waals surface area contributed by atoms with Gasteiger partial charge in [0.2, 0.25) is 0 Å². The van der Waals surface area contributed by atoms with Crippen molar-refractivity contribution in [1.29, 1.82) is 0 Å². The summed E-state index contributed by atoms with van der Waals surface area (Å²) in [7, 11) is -3.22. The van der Waals surface area contributed by atoms with Gasteiger partial charge in [0, 0.05) is 0 Å². The van der Waals surface area contributed by atoms with Gasteiger partial charge in [-0.15, -0.1) is 0 Å². The lowest BCUT2D eigenvalue weighted by molar-refractivity contribution is 0.558. The summed E-state index contributed by atoms with van der Waals surface area (Å²) in [4.78, 5) is 0.283. The summed E-state index contributed by atoms with van der Waals surface area (Å²) < 4.78 is 24.4. The highest BCUT2D eigenvalue weighted by Crippen LogP contribution is 2.20. The molecule has 0 aliphatic rings. The Balaban J connectivity index is 2.13. The summed E-state index contributed by atoms with van der Waals surface area (Å²) >= 11 is 0. The van der Waals surface area contributed by atoms with Crippen LogP contribution in [0.4, 0.5) is 5.69 Å². The first kappa shape index (κ1) is 19.0. The molecule has 1 rings (SSSR count). The second-order valence-electron chi connectivity index (χ2n) is 6.04. The lowest BCUT2D eigenvalue weighted by Crippen LogP contribution is -2.09. The summed E-state index contributed by atoms with van der Waals surface area (Å²) in [6.07, 6.45) is 12.0. The van der Waals surface area contributed by atoms with E-state index in [0.717, 1.165) is 19.3 Å². The molecule has 0 aliphatic heterocycles. The van der Waals surface area contributed by atoms with Crippen LogP contribution in [0.1, 0.15) is 71.1 Å². The SMILES string of the molecule is CCCCCCCCCCCCS(=O)(=O)c1ccccc1N. The van der Waals surface area contributed by atoms with Crippen molar-refractivity contribution in [3.05, 3.63) is 24.3 Å². The zero-order valence-corrected chi connectivity index (χ0v) is 14.7. The molecular weight excluding hydrogens is 294 g/mol. The Kier molecular flexibility index (Phi) is 9.21. The van der Waals surface area contributed by atoms with Crippen LogP contribution in [-0.2, 0) is 9.84 Å². The fourth-order valence-electron chi connectivity index (χ4n) is 2.65. The Bertz CT molecular complexity index is 512. The number of nitrogen functional groups attached to an aromatic ring is 1. The summed E-state index contributed by atoms with van der Waals surface area (Å²) in [5.74, 6) is 0.206. The highest BCUT2D eigenvalue weighted by molar-refractivity contribution is 7.91. The first-order valence-electron chi connectivity index (χ1n) is 8.65. The van der Waals surface area contributed by atoms with E-state index in [4.69, 9.17) is 5.73 Å². The van der Waals surface area contributed by atoms with Crippen LogP contribution in [0.25, 0.3) is 0 Å². The van der Waals surface area contributed by atoms with Crippen molar-refractivity contribution in [2.24, 2.45) is 0 Å². The first-order chi connectivity index (χ1) is 10.6. The molecule has 0 amide bonds. The Morgan fingerprint density at radius 1 is 0.818 bits per heavy atom. The Morgan fingerprint density at radius 2 is 1.32 bits per heavy atom. The zero-order valence-electron chi connectivity index (χ0n) is 13.9. The van der Waals surface area contributed by atoms with Gasteiger partial charge < -0.3 is 5.73 Å². The number of unbranched alkanes of at least 4 members (excludes halogenated alkanes) is 9. The highest BCUT2D eigenvalue weighted by Gasteiger charge is 2.16. The van der Waals surface area contributed by atoms with Gasteiger partial charge in [0.1, 0.15) is 0 Å². The number of anilines is 1. The molecule has 0 fully saturated rings. The van der Waals surface area contributed by atoms with Crippen molar-refractivity contribution in [3.8, 4) is 0 Å². The summed E-state index contributed by atoms with van der Waals surface area (Å²) in [5.41, 5.74) is 6.10. The van der Waals surface area contributed by atoms with Crippen LogP contribution < -0.4 is 5.73 Å². The minimum atomic E-state index is -3.22. The number of hydrogen-bond acceptors (Lipinski definition) is 3. The van der Waals surface area contributed by atoms with E-state index < -0.39 is 9.84 Å². The molecule has 0 bridgehead atoms. The average Bonchev–Trinajstić information content (AvgIpc) is 2.49. The van der Waals surface area contributed by atoms with E-state index in [1.54, 1.807) is 24.3 Å². The number of nitrogens with two attached hydrogens (primary N) is 1. The number of rotatable bonds is 12. The molecule has 1 aromatic rings. The van der Waals surface area contributed by atoms with Crippen molar-refractivity contribution in [1.82, 2.24) is 0 Å². The van der Waals surface area contributed by atoms with E-state index in [2.05, 4.69) is 6.92 Å². The Hall–Kier alpha value is -1.03. The molecule has 0 heterocycles. The number of para-hydroxylation sites is 1. The molecule has 0 radical (unpaired) electrons. The van der Waals surface area contributed by atoms with Crippen LogP contribution in [0.5, 0.6) is 0 Å². The molecule has 0 saturated heterocycles. The van der Waals surface area contributed by atoms with Crippen molar-refractivity contribution in [3.63, 3.8) is 0 Å². The molecule has 3 nitrogen and oxygen atoms in total. The van der Waals surface area contributed by atoms with E-state index >= 15 is 0 Å². The lowest BCUT2D eigenvalue weighted by Gasteiger charge is -2.07. The molecule has 126 valence electrons. The predicted octanol–water partition coefficient (Wildman–Crippen LogP) is 4.96. The van der Waals surface area contributed by atoms with E-state index in [1.807, 2.05) is 0 Å². The number of sulfone groups is 1. The van der Waals surface area contributed by atoms with Gasteiger partial charge in [-0.2, -0.15) is 0 Å².